The standard InChI is InChI=1S/C21H30N2O3/c1-25-14-18-20(17-9-12-26-21(17)18)22-19(24)13-23-10-7-16(8-11-23)15-5-3-2-4-6-15/h2-6,16-18,20-21H,7-14H2,1H3,(H,22,24)/t17-,18+,20-,21-/m0/s1. The zero-order valence-electron chi connectivity index (χ0n) is 15.6. The molecule has 2 aliphatic heterocycles. The average Bonchev–Trinajstić information content (AvgIpc) is 3.10. The summed E-state index contributed by atoms with van der Waals surface area (Å²) in [7, 11) is 1.72. The number of nitrogens with one attached hydrogen (secondary N) is 1. The molecule has 0 radical (unpaired) electrons. The van der Waals surface area contributed by atoms with Gasteiger partial charge in [0.15, 0.2) is 0 Å². The van der Waals surface area contributed by atoms with E-state index in [9.17, 15) is 4.79 Å². The number of hydrogen-bond acceptors (Lipinski definition) is 4. The molecule has 4 rings (SSSR count). The Morgan fingerprint density at radius 2 is 2.00 bits per heavy atom. The van der Waals surface area contributed by atoms with Crippen LogP contribution in [0.15, 0.2) is 30.3 Å². The maximum absolute atomic E-state index is 12.6. The summed E-state index contributed by atoms with van der Waals surface area (Å²) in [5.74, 6) is 1.56. The van der Waals surface area contributed by atoms with Crippen LogP contribution in [0.25, 0.3) is 0 Å². The van der Waals surface area contributed by atoms with Gasteiger partial charge in [0.1, 0.15) is 0 Å². The van der Waals surface area contributed by atoms with E-state index in [1.165, 1.54) is 5.56 Å². The molecule has 0 spiro atoms. The van der Waals surface area contributed by atoms with Crippen molar-refractivity contribution in [3.8, 4) is 0 Å². The molecule has 1 saturated carbocycles. The van der Waals surface area contributed by atoms with Gasteiger partial charge >= 0.3 is 0 Å². The maximum atomic E-state index is 12.6. The van der Waals surface area contributed by atoms with Crippen molar-refractivity contribution in [2.45, 2.75) is 37.3 Å². The van der Waals surface area contributed by atoms with E-state index in [0.29, 0.717) is 30.9 Å². The van der Waals surface area contributed by atoms with Crippen LogP contribution < -0.4 is 5.32 Å². The minimum absolute atomic E-state index is 0.152. The third-order valence-corrected chi connectivity index (χ3v) is 6.44. The van der Waals surface area contributed by atoms with Gasteiger partial charge in [-0.1, -0.05) is 30.3 Å². The lowest BCUT2D eigenvalue weighted by atomic mass is 9.67. The second-order valence-electron chi connectivity index (χ2n) is 7.96. The van der Waals surface area contributed by atoms with Crippen molar-refractivity contribution in [1.82, 2.24) is 10.2 Å². The van der Waals surface area contributed by atoms with Crippen molar-refractivity contribution in [2.24, 2.45) is 11.8 Å². The van der Waals surface area contributed by atoms with E-state index in [0.717, 1.165) is 39.0 Å². The molecule has 0 unspecified atom stereocenters. The van der Waals surface area contributed by atoms with Crippen LogP contribution in [0.3, 0.4) is 0 Å². The Bertz CT molecular complexity index is 601. The molecule has 1 N–H and O–H groups in total. The first-order valence-corrected chi connectivity index (χ1v) is 9.93. The van der Waals surface area contributed by atoms with Gasteiger partial charge in [-0.25, -0.2) is 0 Å². The van der Waals surface area contributed by atoms with Crippen molar-refractivity contribution in [3.63, 3.8) is 0 Å². The van der Waals surface area contributed by atoms with E-state index in [1.807, 2.05) is 0 Å². The van der Waals surface area contributed by atoms with Gasteiger partial charge in [0.2, 0.25) is 5.91 Å². The van der Waals surface area contributed by atoms with Crippen LogP contribution in [-0.4, -0.2) is 62.9 Å². The van der Waals surface area contributed by atoms with Crippen molar-refractivity contribution < 1.29 is 14.3 Å². The van der Waals surface area contributed by atoms with Gasteiger partial charge in [-0.05, 0) is 43.8 Å². The summed E-state index contributed by atoms with van der Waals surface area (Å²) in [6.45, 7) is 3.97. The molecule has 3 fully saturated rings. The molecule has 4 atom stereocenters. The van der Waals surface area contributed by atoms with Gasteiger partial charge in [0.05, 0.1) is 19.3 Å². The van der Waals surface area contributed by atoms with Crippen LogP contribution >= 0.6 is 0 Å². The largest absolute Gasteiger partial charge is 0.384 e. The number of methoxy groups -OCH3 is 1. The highest BCUT2D eigenvalue weighted by Gasteiger charge is 2.54. The van der Waals surface area contributed by atoms with Crippen LogP contribution in [0.1, 0.15) is 30.7 Å². The fraction of sp³-hybridized carbons (Fsp3) is 0.667. The maximum Gasteiger partial charge on any atom is 0.234 e. The van der Waals surface area contributed by atoms with Crippen molar-refractivity contribution >= 4 is 5.91 Å². The number of amides is 1. The second-order valence-corrected chi connectivity index (χ2v) is 7.96. The molecule has 0 aromatic heterocycles. The first kappa shape index (κ1) is 18.0. The van der Waals surface area contributed by atoms with Crippen LogP contribution in [-0.2, 0) is 14.3 Å². The van der Waals surface area contributed by atoms with Gasteiger partial charge in [-0.15, -0.1) is 0 Å². The lowest BCUT2D eigenvalue weighted by molar-refractivity contribution is -0.131. The summed E-state index contributed by atoms with van der Waals surface area (Å²) in [4.78, 5) is 14.9. The first-order valence-electron chi connectivity index (χ1n) is 9.93. The van der Waals surface area contributed by atoms with Gasteiger partial charge in [0.25, 0.3) is 0 Å². The summed E-state index contributed by atoms with van der Waals surface area (Å²) in [5, 5.41) is 3.27. The fourth-order valence-corrected chi connectivity index (χ4v) is 5.02. The van der Waals surface area contributed by atoms with E-state index in [4.69, 9.17) is 9.47 Å². The molecular formula is C21H30N2O3. The number of carbonyl (C=O) groups excluding carboxylic acids is 1. The van der Waals surface area contributed by atoms with Crippen molar-refractivity contribution in [1.29, 1.82) is 0 Å². The van der Waals surface area contributed by atoms with E-state index < -0.39 is 0 Å². The summed E-state index contributed by atoms with van der Waals surface area (Å²) < 4.78 is 11.1. The molecule has 1 aromatic carbocycles. The minimum atomic E-state index is 0.152. The number of fused-ring (bicyclic) bond motifs is 1. The van der Waals surface area contributed by atoms with E-state index in [-0.39, 0.29) is 18.1 Å². The Morgan fingerprint density at radius 1 is 1.23 bits per heavy atom. The van der Waals surface area contributed by atoms with Gasteiger partial charge in [-0.2, -0.15) is 0 Å². The molecular weight excluding hydrogens is 328 g/mol. The Balaban J connectivity index is 1.24. The topological polar surface area (TPSA) is 50.8 Å². The SMILES string of the molecule is COC[C@@H]1[C@@H](NC(=O)CN2CCC(c3ccccc3)CC2)[C@@H]2CCO[C@H]12. The average molecular weight is 358 g/mol. The molecule has 5 heteroatoms. The molecule has 5 nitrogen and oxygen atoms in total. The number of benzene rings is 1. The minimum Gasteiger partial charge on any atom is -0.384 e. The van der Waals surface area contributed by atoms with Crippen LogP contribution in [0.4, 0.5) is 0 Å². The van der Waals surface area contributed by atoms with E-state index in [2.05, 4.69) is 40.5 Å². The van der Waals surface area contributed by atoms with Crippen molar-refractivity contribution in [3.05, 3.63) is 35.9 Å². The Kier molecular flexibility index (Phi) is 5.57. The second kappa shape index (κ2) is 8.07. The first-order chi connectivity index (χ1) is 12.8. The Labute approximate surface area is 156 Å². The number of likely N-dealkylation sites (tertiary alicyclic amines) is 1. The van der Waals surface area contributed by atoms with Crippen LogP contribution in [0.2, 0.25) is 0 Å². The third-order valence-electron chi connectivity index (χ3n) is 6.44. The highest BCUT2D eigenvalue weighted by molar-refractivity contribution is 5.78. The molecule has 142 valence electrons. The van der Waals surface area contributed by atoms with E-state index >= 15 is 0 Å². The summed E-state index contributed by atoms with van der Waals surface area (Å²) >= 11 is 0. The molecule has 0 bridgehead atoms. The zero-order valence-corrected chi connectivity index (χ0v) is 15.6. The lowest BCUT2D eigenvalue weighted by Gasteiger charge is -2.47. The number of nitrogens with zero attached hydrogens (tertiary/aromatic N) is 1. The normalized spacial score (nSPS) is 32.0. The van der Waals surface area contributed by atoms with Gasteiger partial charge < -0.3 is 14.8 Å². The molecule has 2 saturated heterocycles. The molecule has 2 heterocycles. The number of ether oxygens (including phenoxy) is 2. The smallest absolute Gasteiger partial charge is 0.234 e. The molecule has 1 amide bonds. The lowest BCUT2D eigenvalue weighted by Crippen LogP contribution is -2.63. The number of carbonyl (C=O) groups is 1. The number of piperidine rings is 1. The molecule has 26 heavy (non-hydrogen) atoms. The molecule has 3 aliphatic rings. The van der Waals surface area contributed by atoms with Crippen LogP contribution in [0.5, 0.6) is 0 Å². The molecule has 1 aliphatic carbocycles. The monoisotopic (exact) mass is 358 g/mol. The third kappa shape index (κ3) is 3.66. The Hall–Kier alpha value is -1.43. The fourth-order valence-electron chi connectivity index (χ4n) is 5.02. The summed E-state index contributed by atoms with van der Waals surface area (Å²) in [6.07, 6.45) is 3.59. The van der Waals surface area contributed by atoms with Crippen LogP contribution in [0, 0.1) is 11.8 Å². The molecule has 1 aromatic rings. The summed E-state index contributed by atoms with van der Waals surface area (Å²) in [5.41, 5.74) is 1.43. The number of rotatable bonds is 6. The Morgan fingerprint density at radius 3 is 2.73 bits per heavy atom. The predicted octanol–water partition coefficient (Wildman–Crippen LogP) is 2.03. The van der Waals surface area contributed by atoms with Crippen molar-refractivity contribution in [2.75, 3.05) is 40.0 Å². The van der Waals surface area contributed by atoms with E-state index in [1.54, 1.807) is 7.11 Å². The highest BCUT2D eigenvalue weighted by Crippen LogP contribution is 2.43. The quantitative estimate of drug-likeness (QED) is 0.845. The predicted molar refractivity (Wildman–Crippen MR) is 100 cm³/mol. The zero-order chi connectivity index (χ0) is 17.9. The number of hydrogen-bond donors (Lipinski definition) is 1. The highest BCUT2D eigenvalue weighted by atomic mass is 16.5. The van der Waals surface area contributed by atoms with Gasteiger partial charge in [-0.3, -0.25) is 9.69 Å². The summed E-state index contributed by atoms with van der Waals surface area (Å²) in [6, 6.07) is 11.0. The van der Waals surface area contributed by atoms with Gasteiger partial charge in [0, 0.05) is 31.6 Å².